The molecule has 2 aromatic heterocycles. The molecule has 4 aromatic rings. The number of ketones is 1. The van der Waals surface area contributed by atoms with Crippen LogP contribution >= 0.6 is 11.3 Å². The summed E-state index contributed by atoms with van der Waals surface area (Å²) >= 11 is 1.27. The number of anilines is 1. The number of amides is 1. The van der Waals surface area contributed by atoms with Crippen LogP contribution < -0.4 is 14.4 Å². The molecule has 36 heavy (non-hydrogen) atoms. The molecule has 182 valence electrons. The third kappa shape index (κ3) is 4.18. The van der Waals surface area contributed by atoms with E-state index in [1.54, 1.807) is 68.0 Å². The maximum Gasteiger partial charge on any atom is 0.301 e. The molecule has 2 aromatic carbocycles. The number of aromatic nitrogens is 2. The van der Waals surface area contributed by atoms with Gasteiger partial charge in [-0.3, -0.25) is 19.5 Å². The summed E-state index contributed by atoms with van der Waals surface area (Å²) in [6, 6.07) is 14.8. The van der Waals surface area contributed by atoms with Gasteiger partial charge in [0.25, 0.3) is 5.78 Å². The predicted molar refractivity (Wildman–Crippen MR) is 137 cm³/mol. The van der Waals surface area contributed by atoms with Gasteiger partial charge in [-0.15, -0.1) is 0 Å². The molecular weight excluding hydrogens is 478 g/mol. The van der Waals surface area contributed by atoms with E-state index in [0.717, 1.165) is 11.1 Å². The van der Waals surface area contributed by atoms with E-state index in [1.165, 1.54) is 16.2 Å². The van der Waals surface area contributed by atoms with Gasteiger partial charge in [0, 0.05) is 18.0 Å². The lowest BCUT2D eigenvalue weighted by Crippen LogP contribution is -2.29. The maximum absolute atomic E-state index is 13.3. The fraction of sp³-hybridized carbons (Fsp3) is 0.185. The van der Waals surface area contributed by atoms with Crippen LogP contribution in [0.3, 0.4) is 0 Å². The molecule has 0 saturated carbocycles. The number of hydrogen-bond donors (Lipinski definition) is 1. The van der Waals surface area contributed by atoms with Crippen molar-refractivity contribution in [3.05, 3.63) is 83.7 Å². The van der Waals surface area contributed by atoms with Gasteiger partial charge in [0.05, 0.1) is 35.5 Å². The number of nitrogens with zero attached hydrogens (tertiary/aromatic N) is 3. The number of aliphatic hydroxyl groups excluding tert-OH is 1. The molecule has 1 amide bonds. The monoisotopic (exact) mass is 501 g/mol. The van der Waals surface area contributed by atoms with Crippen LogP contribution in [-0.2, 0) is 9.59 Å². The number of thiazole rings is 1. The molecule has 9 heteroatoms. The number of ether oxygens (including phenoxy) is 2. The molecular formula is C27H23N3O5S. The highest BCUT2D eigenvalue weighted by atomic mass is 32.1. The van der Waals surface area contributed by atoms with Crippen molar-refractivity contribution < 1.29 is 24.2 Å². The van der Waals surface area contributed by atoms with Crippen molar-refractivity contribution in [2.45, 2.75) is 19.4 Å². The Labute approximate surface area is 211 Å². The Bertz CT molecular complexity index is 1460. The van der Waals surface area contributed by atoms with E-state index in [4.69, 9.17) is 9.47 Å². The second kappa shape index (κ2) is 9.79. The zero-order valence-electron chi connectivity index (χ0n) is 19.7. The first kappa shape index (κ1) is 23.5. The van der Waals surface area contributed by atoms with Crippen LogP contribution in [0.1, 0.15) is 30.5 Å². The van der Waals surface area contributed by atoms with Crippen molar-refractivity contribution >= 4 is 44.1 Å². The van der Waals surface area contributed by atoms with Gasteiger partial charge in [0.15, 0.2) is 5.13 Å². The molecule has 1 aliphatic rings. The zero-order valence-corrected chi connectivity index (χ0v) is 20.5. The lowest BCUT2D eigenvalue weighted by atomic mass is 9.96. The highest BCUT2D eigenvalue weighted by molar-refractivity contribution is 7.22. The lowest BCUT2D eigenvalue weighted by Gasteiger charge is -2.22. The molecule has 0 bridgehead atoms. The van der Waals surface area contributed by atoms with Gasteiger partial charge in [0.2, 0.25) is 0 Å². The largest absolute Gasteiger partial charge is 0.507 e. The number of hydrogen-bond acceptors (Lipinski definition) is 8. The standard InChI is InChI=1S/C27H23N3O5S/c1-3-13-35-18-8-6-16(7-9-18)24(31)22-23(17-5-4-12-28-15-17)30(26(33)25(22)32)27-29-20-11-10-19(34-2)14-21(20)36-27/h4-12,14-15,23,31H,3,13H2,1-2H3. The second-order valence-electron chi connectivity index (χ2n) is 8.16. The molecule has 0 radical (unpaired) electrons. The molecule has 8 nitrogen and oxygen atoms in total. The average Bonchev–Trinajstić information content (AvgIpc) is 3.45. The summed E-state index contributed by atoms with van der Waals surface area (Å²) in [5.74, 6) is -0.504. The minimum absolute atomic E-state index is 0.0212. The SMILES string of the molecule is CCCOc1ccc(C(O)=C2C(=O)C(=O)N(c3nc4ccc(OC)cc4s3)C2c2cccnc2)cc1. The molecule has 1 fully saturated rings. The average molecular weight is 502 g/mol. The molecule has 1 atom stereocenters. The fourth-order valence-corrected chi connectivity index (χ4v) is 5.11. The number of methoxy groups -OCH3 is 1. The summed E-state index contributed by atoms with van der Waals surface area (Å²) in [6.45, 7) is 2.59. The lowest BCUT2D eigenvalue weighted by molar-refractivity contribution is -0.132. The van der Waals surface area contributed by atoms with Crippen molar-refractivity contribution in [1.82, 2.24) is 9.97 Å². The van der Waals surface area contributed by atoms with Crippen molar-refractivity contribution in [1.29, 1.82) is 0 Å². The van der Waals surface area contributed by atoms with Gasteiger partial charge in [-0.2, -0.15) is 0 Å². The number of carbonyl (C=O) groups is 2. The van der Waals surface area contributed by atoms with Crippen LogP contribution in [0.2, 0.25) is 0 Å². The first-order valence-electron chi connectivity index (χ1n) is 11.4. The molecule has 1 aliphatic heterocycles. The molecule has 1 unspecified atom stereocenters. The van der Waals surface area contributed by atoms with Crippen molar-refractivity contribution in [2.24, 2.45) is 0 Å². The minimum Gasteiger partial charge on any atom is -0.507 e. The first-order chi connectivity index (χ1) is 17.5. The number of pyridine rings is 1. The maximum atomic E-state index is 13.3. The third-order valence-electron chi connectivity index (χ3n) is 5.84. The Morgan fingerprint density at radius 1 is 1.11 bits per heavy atom. The summed E-state index contributed by atoms with van der Waals surface area (Å²) in [4.78, 5) is 36.8. The van der Waals surface area contributed by atoms with Crippen molar-refractivity contribution in [2.75, 3.05) is 18.6 Å². The number of Topliss-reactive ketones (excluding diaryl/α,β-unsaturated/α-hetero) is 1. The number of fused-ring (bicyclic) bond motifs is 1. The number of carbonyl (C=O) groups excluding carboxylic acids is 2. The third-order valence-corrected chi connectivity index (χ3v) is 6.85. The number of benzene rings is 2. The van der Waals surface area contributed by atoms with E-state index in [1.807, 2.05) is 13.0 Å². The summed E-state index contributed by atoms with van der Waals surface area (Å²) in [5, 5.41) is 11.6. The number of rotatable bonds is 7. The van der Waals surface area contributed by atoms with Gasteiger partial charge >= 0.3 is 5.91 Å². The summed E-state index contributed by atoms with van der Waals surface area (Å²) < 4.78 is 11.7. The molecule has 1 saturated heterocycles. The minimum atomic E-state index is -0.892. The van der Waals surface area contributed by atoms with Gasteiger partial charge in [0.1, 0.15) is 17.3 Å². The number of aliphatic hydroxyl groups is 1. The highest BCUT2D eigenvalue weighted by Gasteiger charge is 2.48. The topological polar surface area (TPSA) is 102 Å². The van der Waals surface area contributed by atoms with Crippen LogP contribution in [0, 0.1) is 0 Å². The Hall–Kier alpha value is -4.24. The van der Waals surface area contributed by atoms with E-state index in [2.05, 4.69) is 9.97 Å². The highest BCUT2D eigenvalue weighted by Crippen LogP contribution is 2.44. The van der Waals surface area contributed by atoms with Crippen LogP contribution in [-0.4, -0.2) is 40.5 Å². The molecule has 0 spiro atoms. The van der Waals surface area contributed by atoms with E-state index in [9.17, 15) is 14.7 Å². The van der Waals surface area contributed by atoms with E-state index >= 15 is 0 Å². The van der Waals surface area contributed by atoms with Crippen LogP contribution in [0.25, 0.3) is 16.0 Å². The Kier molecular flexibility index (Phi) is 6.39. The normalized spacial score (nSPS) is 17.1. The molecule has 0 aliphatic carbocycles. The first-order valence-corrected chi connectivity index (χ1v) is 12.2. The van der Waals surface area contributed by atoms with E-state index in [-0.39, 0.29) is 11.3 Å². The van der Waals surface area contributed by atoms with Crippen LogP contribution in [0.5, 0.6) is 11.5 Å². The molecule has 3 heterocycles. The second-order valence-corrected chi connectivity index (χ2v) is 9.17. The smallest absolute Gasteiger partial charge is 0.301 e. The summed E-state index contributed by atoms with van der Waals surface area (Å²) in [7, 11) is 1.58. The predicted octanol–water partition coefficient (Wildman–Crippen LogP) is 5.12. The summed E-state index contributed by atoms with van der Waals surface area (Å²) in [5.41, 5.74) is 1.63. The van der Waals surface area contributed by atoms with Crippen molar-refractivity contribution in [3.8, 4) is 11.5 Å². The zero-order chi connectivity index (χ0) is 25.2. The van der Waals surface area contributed by atoms with Crippen LogP contribution in [0.15, 0.2) is 72.6 Å². The van der Waals surface area contributed by atoms with E-state index in [0.29, 0.717) is 39.9 Å². The quantitative estimate of drug-likeness (QED) is 0.213. The van der Waals surface area contributed by atoms with Gasteiger partial charge in [-0.1, -0.05) is 24.3 Å². The Morgan fingerprint density at radius 2 is 1.89 bits per heavy atom. The van der Waals surface area contributed by atoms with Gasteiger partial charge in [-0.25, -0.2) is 4.98 Å². The van der Waals surface area contributed by atoms with Crippen LogP contribution in [0.4, 0.5) is 5.13 Å². The molecule has 1 N–H and O–H groups in total. The molecule has 5 rings (SSSR count). The van der Waals surface area contributed by atoms with Crippen molar-refractivity contribution in [3.63, 3.8) is 0 Å². The van der Waals surface area contributed by atoms with E-state index < -0.39 is 17.7 Å². The fourth-order valence-electron chi connectivity index (χ4n) is 4.09. The Balaban J connectivity index is 1.63. The summed E-state index contributed by atoms with van der Waals surface area (Å²) in [6.07, 6.45) is 4.05. The Morgan fingerprint density at radius 3 is 2.58 bits per heavy atom. The van der Waals surface area contributed by atoms with Gasteiger partial charge in [-0.05, 0) is 60.5 Å². The van der Waals surface area contributed by atoms with Gasteiger partial charge < -0.3 is 14.6 Å².